The number of nitrogens with one attached hydrogen (secondary N) is 1. The fourth-order valence-electron chi connectivity index (χ4n) is 1.87. The summed E-state index contributed by atoms with van der Waals surface area (Å²) in [6, 6.07) is 10.5. The summed E-state index contributed by atoms with van der Waals surface area (Å²) in [7, 11) is 1.29. The average molecular weight is 318 g/mol. The number of hydrogen-bond acceptors (Lipinski definition) is 6. The molecule has 0 aliphatic carbocycles. The SMILES string of the molecule is COC(=O)c1ccc(CNc2ccccc2OCCC(N)=O)o1. The maximum Gasteiger partial charge on any atom is 0.373 e. The van der Waals surface area contributed by atoms with Crippen LogP contribution < -0.4 is 15.8 Å². The van der Waals surface area contributed by atoms with Crippen molar-refractivity contribution in [3.05, 3.63) is 47.9 Å². The predicted octanol–water partition coefficient (Wildman–Crippen LogP) is 1.93. The van der Waals surface area contributed by atoms with E-state index in [1.807, 2.05) is 18.2 Å². The second-order valence-corrected chi connectivity index (χ2v) is 4.67. The standard InChI is InChI=1S/C16H18N2O5/c1-21-16(20)14-7-6-11(23-14)10-18-12-4-2-3-5-13(12)22-9-8-15(17)19/h2-7,18H,8-10H2,1H3,(H2,17,19). The summed E-state index contributed by atoms with van der Waals surface area (Å²) in [6.07, 6.45) is 0.148. The van der Waals surface area contributed by atoms with Gasteiger partial charge in [-0.2, -0.15) is 0 Å². The molecule has 0 bridgehead atoms. The second kappa shape index (κ2) is 7.88. The monoisotopic (exact) mass is 318 g/mol. The first-order chi connectivity index (χ1) is 11.1. The third-order valence-electron chi connectivity index (χ3n) is 2.99. The molecule has 2 aromatic rings. The molecule has 1 aromatic carbocycles. The van der Waals surface area contributed by atoms with Gasteiger partial charge in [-0.3, -0.25) is 4.79 Å². The minimum absolute atomic E-state index is 0.148. The number of rotatable bonds is 8. The van der Waals surface area contributed by atoms with Crippen molar-refractivity contribution in [3.63, 3.8) is 0 Å². The molecule has 0 aliphatic rings. The zero-order valence-electron chi connectivity index (χ0n) is 12.7. The molecule has 7 nitrogen and oxygen atoms in total. The number of ether oxygens (including phenoxy) is 2. The number of furan rings is 1. The van der Waals surface area contributed by atoms with Crippen molar-refractivity contribution in [3.8, 4) is 5.75 Å². The number of primary amides is 1. The van der Waals surface area contributed by atoms with Gasteiger partial charge in [0.25, 0.3) is 0 Å². The van der Waals surface area contributed by atoms with Gasteiger partial charge < -0.3 is 24.9 Å². The van der Waals surface area contributed by atoms with E-state index in [0.29, 0.717) is 18.1 Å². The minimum atomic E-state index is -0.522. The van der Waals surface area contributed by atoms with E-state index >= 15 is 0 Å². The van der Waals surface area contributed by atoms with Crippen LogP contribution in [0.3, 0.4) is 0 Å². The molecule has 1 aromatic heterocycles. The first-order valence-electron chi connectivity index (χ1n) is 7.01. The molecule has 0 saturated carbocycles. The van der Waals surface area contributed by atoms with Crippen molar-refractivity contribution < 1.29 is 23.5 Å². The molecule has 0 aliphatic heterocycles. The van der Waals surface area contributed by atoms with Crippen molar-refractivity contribution >= 4 is 17.6 Å². The van der Waals surface area contributed by atoms with Gasteiger partial charge in [0.1, 0.15) is 11.5 Å². The molecule has 23 heavy (non-hydrogen) atoms. The molecule has 0 atom stereocenters. The van der Waals surface area contributed by atoms with E-state index in [0.717, 1.165) is 5.69 Å². The molecular weight excluding hydrogens is 300 g/mol. The van der Waals surface area contributed by atoms with E-state index in [4.69, 9.17) is 14.9 Å². The maximum absolute atomic E-state index is 11.3. The number of carbonyl (C=O) groups excluding carboxylic acids is 2. The van der Waals surface area contributed by atoms with Crippen LogP contribution in [0.25, 0.3) is 0 Å². The zero-order valence-corrected chi connectivity index (χ0v) is 12.7. The second-order valence-electron chi connectivity index (χ2n) is 4.67. The number of benzene rings is 1. The first-order valence-corrected chi connectivity index (χ1v) is 7.01. The highest BCUT2D eigenvalue weighted by atomic mass is 16.5. The Kier molecular flexibility index (Phi) is 5.62. The summed E-state index contributed by atoms with van der Waals surface area (Å²) < 4.78 is 15.5. The maximum atomic E-state index is 11.3. The Morgan fingerprint density at radius 3 is 2.74 bits per heavy atom. The van der Waals surface area contributed by atoms with Crippen LogP contribution in [-0.2, 0) is 16.1 Å². The van der Waals surface area contributed by atoms with Gasteiger partial charge in [0, 0.05) is 0 Å². The van der Waals surface area contributed by atoms with Crippen LogP contribution in [0, 0.1) is 0 Å². The molecule has 1 heterocycles. The number of methoxy groups -OCH3 is 1. The highest BCUT2D eigenvalue weighted by molar-refractivity contribution is 5.86. The van der Waals surface area contributed by atoms with Crippen LogP contribution in [0.2, 0.25) is 0 Å². The summed E-state index contributed by atoms with van der Waals surface area (Å²) in [5, 5.41) is 3.15. The molecule has 0 fully saturated rings. The lowest BCUT2D eigenvalue weighted by molar-refractivity contribution is -0.118. The van der Waals surface area contributed by atoms with Gasteiger partial charge in [-0.05, 0) is 24.3 Å². The molecular formula is C16H18N2O5. The van der Waals surface area contributed by atoms with E-state index in [1.165, 1.54) is 7.11 Å². The van der Waals surface area contributed by atoms with E-state index in [2.05, 4.69) is 10.1 Å². The lowest BCUT2D eigenvalue weighted by Gasteiger charge is -2.12. The van der Waals surface area contributed by atoms with Gasteiger partial charge in [0.2, 0.25) is 11.7 Å². The third-order valence-corrected chi connectivity index (χ3v) is 2.99. The third kappa shape index (κ3) is 4.77. The number of hydrogen-bond donors (Lipinski definition) is 2. The largest absolute Gasteiger partial charge is 0.491 e. The molecule has 122 valence electrons. The van der Waals surface area contributed by atoms with Crippen LogP contribution in [0.1, 0.15) is 22.7 Å². The van der Waals surface area contributed by atoms with Gasteiger partial charge in [-0.1, -0.05) is 12.1 Å². The van der Waals surface area contributed by atoms with Gasteiger partial charge in [0.15, 0.2) is 0 Å². The average Bonchev–Trinajstić information content (AvgIpc) is 3.02. The first kappa shape index (κ1) is 16.4. The summed E-state index contributed by atoms with van der Waals surface area (Å²) in [6.45, 7) is 0.578. The van der Waals surface area contributed by atoms with E-state index < -0.39 is 11.9 Å². The fraction of sp³-hybridized carbons (Fsp3) is 0.250. The van der Waals surface area contributed by atoms with Crippen molar-refractivity contribution in [1.82, 2.24) is 0 Å². The van der Waals surface area contributed by atoms with Gasteiger partial charge in [0.05, 0.1) is 32.4 Å². The zero-order chi connectivity index (χ0) is 16.7. The van der Waals surface area contributed by atoms with E-state index in [1.54, 1.807) is 18.2 Å². The van der Waals surface area contributed by atoms with Crippen LogP contribution in [0.15, 0.2) is 40.8 Å². The summed E-state index contributed by atoms with van der Waals surface area (Å²) >= 11 is 0. The highest BCUT2D eigenvalue weighted by Crippen LogP contribution is 2.24. The van der Waals surface area contributed by atoms with E-state index in [9.17, 15) is 9.59 Å². The normalized spacial score (nSPS) is 10.1. The Hall–Kier alpha value is -2.96. The molecule has 0 unspecified atom stereocenters. The van der Waals surface area contributed by atoms with Gasteiger partial charge in [-0.25, -0.2) is 4.79 Å². The molecule has 0 radical (unpaired) electrons. The number of para-hydroxylation sites is 2. The Bertz CT molecular complexity index is 681. The number of nitrogens with two attached hydrogens (primary N) is 1. The Balaban J connectivity index is 1.96. The topological polar surface area (TPSA) is 104 Å². The highest BCUT2D eigenvalue weighted by Gasteiger charge is 2.11. The molecule has 2 rings (SSSR count). The molecule has 0 spiro atoms. The number of carbonyl (C=O) groups is 2. The van der Waals surface area contributed by atoms with Crippen LogP contribution >= 0.6 is 0 Å². The Morgan fingerprint density at radius 2 is 2.00 bits per heavy atom. The van der Waals surface area contributed by atoms with E-state index in [-0.39, 0.29) is 18.8 Å². The smallest absolute Gasteiger partial charge is 0.373 e. The van der Waals surface area contributed by atoms with Crippen molar-refractivity contribution in [1.29, 1.82) is 0 Å². The predicted molar refractivity (Wildman–Crippen MR) is 83.1 cm³/mol. The van der Waals surface area contributed by atoms with Gasteiger partial charge >= 0.3 is 5.97 Å². The van der Waals surface area contributed by atoms with Crippen LogP contribution in [0.4, 0.5) is 5.69 Å². The van der Waals surface area contributed by atoms with Gasteiger partial charge in [-0.15, -0.1) is 0 Å². The van der Waals surface area contributed by atoms with Crippen LogP contribution in [0.5, 0.6) is 5.75 Å². The summed E-state index contributed by atoms with van der Waals surface area (Å²) in [5.74, 6) is 0.397. The molecule has 7 heteroatoms. The minimum Gasteiger partial charge on any atom is -0.491 e. The summed E-state index contributed by atoms with van der Waals surface area (Å²) in [5.41, 5.74) is 5.83. The van der Waals surface area contributed by atoms with Crippen molar-refractivity contribution in [2.45, 2.75) is 13.0 Å². The van der Waals surface area contributed by atoms with Crippen LogP contribution in [-0.4, -0.2) is 25.6 Å². The lowest BCUT2D eigenvalue weighted by Crippen LogP contribution is -2.15. The molecule has 0 saturated heterocycles. The number of anilines is 1. The van der Waals surface area contributed by atoms with Crippen molar-refractivity contribution in [2.24, 2.45) is 5.73 Å². The number of amides is 1. The Labute approximate surface area is 133 Å². The Morgan fingerprint density at radius 1 is 1.22 bits per heavy atom. The number of esters is 1. The molecule has 3 N–H and O–H groups in total. The lowest BCUT2D eigenvalue weighted by atomic mass is 10.3. The fourth-order valence-corrected chi connectivity index (χ4v) is 1.87. The molecule has 1 amide bonds. The quantitative estimate of drug-likeness (QED) is 0.721. The van der Waals surface area contributed by atoms with Crippen molar-refractivity contribution in [2.75, 3.05) is 19.0 Å². The summed E-state index contributed by atoms with van der Waals surface area (Å²) in [4.78, 5) is 22.1.